The average Bonchev–Trinajstić information content (AvgIpc) is 3.38. The van der Waals surface area contributed by atoms with Gasteiger partial charge in [0.1, 0.15) is 0 Å². The first-order valence-corrected chi connectivity index (χ1v) is 12.6. The molecule has 3 aliphatic carbocycles. The minimum Gasteiger partial charge on any atom is -0.389 e. The quantitative estimate of drug-likeness (QED) is 0.714. The molecule has 176 valence electrons. The van der Waals surface area contributed by atoms with E-state index in [9.17, 15) is 5.11 Å². The molecule has 3 N–H and O–H groups in total. The Morgan fingerprint density at radius 2 is 2.06 bits per heavy atom. The van der Waals surface area contributed by atoms with Crippen molar-refractivity contribution in [3.05, 3.63) is 59.3 Å². The van der Waals surface area contributed by atoms with Gasteiger partial charge in [-0.2, -0.15) is 0 Å². The average molecular weight is 457 g/mol. The molecule has 2 unspecified atom stereocenters. The van der Waals surface area contributed by atoms with Gasteiger partial charge in [0.2, 0.25) is 5.95 Å². The van der Waals surface area contributed by atoms with Gasteiger partial charge < -0.3 is 20.5 Å². The van der Waals surface area contributed by atoms with Gasteiger partial charge in [-0.1, -0.05) is 24.3 Å². The standard InChI is InChI=1S/C28H32N4O2/c1-32(2)19-13-25(33)23-12-18-4-5-21-20(16-3-8-24-17(11-16)15-30-26(29)31-24)6-7-22(21)28(18)10-9-27(23,14-19)34-28/h3-4,6,8,11-12,15,19,21-22,25,33H,5,7,9-10,13-14H2,1-2H3,(H2,29,30,31)/t19-,21?,22?,25+,27-,28-/m1/s1. The molecule has 2 aromatic rings. The van der Waals surface area contributed by atoms with Crippen LogP contribution in [0.5, 0.6) is 0 Å². The Labute approximate surface area is 200 Å². The number of nitrogens with zero attached hydrogens (tertiary/aromatic N) is 3. The van der Waals surface area contributed by atoms with Gasteiger partial charge >= 0.3 is 0 Å². The zero-order valence-electron chi connectivity index (χ0n) is 19.9. The molecule has 1 saturated carbocycles. The minimum absolute atomic E-state index is 0.229. The third kappa shape index (κ3) is 2.73. The fourth-order valence-electron chi connectivity index (χ4n) is 7.68. The lowest BCUT2D eigenvalue weighted by Gasteiger charge is -2.52. The van der Waals surface area contributed by atoms with Crippen molar-refractivity contribution >= 4 is 22.4 Å². The first kappa shape index (κ1) is 20.8. The van der Waals surface area contributed by atoms with Gasteiger partial charge in [-0.3, -0.25) is 0 Å². The van der Waals surface area contributed by atoms with Crippen molar-refractivity contribution in [1.82, 2.24) is 14.9 Å². The van der Waals surface area contributed by atoms with Gasteiger partial charge in [0.05, 0.1) is 22.8 Å². The highest BCUT2D eigenvalue weighted by Gasteiger charge is 2.64. The van der Waals surface area contributed by atoms with Crippen molar-refractivity contribution in [3.8, 4) is 0 Å². The summed E-state index contributed by atoms with van der Waals surface area (Å²) in [7, 11) is 4.24. The van der Waals surface area contributed by atoms with Crippen LogP contribution < -0.4 is 5.73 Å². The Bertz CT molecular complexity index is 1300. The summed E-state index contributed by atoms with van der Waals surface area (Å²) in [5.41, 5.74) is 11.2. The molecule has 6 nitrogen and oxygen atoms in total. The maximum atomic E-state index is 11.1. The van der Waals surface area contributed by atoms with Crippen molar-refractivity contribution in [1.29, 1.82) is 0 Å². The summed E-state index contributed by atoms with van der Waals surface area (Å²) in [6.45, 7) is 0. The molecule has 2 fully saturated rings. The molecule has 2 spiro atoms. The van der Waals surface area contributed by atoms with Crippen LogP contribution in [-0.2, 0) is 4.74 Å². The van der Waals surface area contributed by atoms with Crippen LogP contribution in [0.1, 0.15) is 44.1 Å². The van der Waals surface area contributed by atoms with E-state index in [1.165, 1.54) is 16.7 Å². The van der Waals surface area contributed by atoms with Gasteiger partial charge in [0, 0.05) is 23.5 Å². The second kappa shape index (κ2) is 7.00. The highest BCUT2D eigenvalue weighted by molar-refractivity contribution is 5.84. The van der Waals surface area contributed by atoms with E-state index in [0.717, 1.165) is 55.0 Å². The lowest BCUT2D eigenvalue weighted by atomic mass is 9.66. The number of hydrogen-bond acceptors (Lipinski definition) is 6. The summed E-state index contributed by atoms with van der Waals surface area (Å²) >= 11 is 0. The van der Waals surface area contributed by atoms with Crippen molar-refractivity contribution in [2.45, 2.75) is 61.9 Å². The largest absolute Gasteiger partial charge is 0.389 e. The first-order chi connectivity index (χ1) is 16.4. The van der Waals surface area contributed by atoms with Gasteiger partial charge in [-0.05, 0) is 93.0 Å². The van der Waals surface area contributed by atoms with Gasteiger partial charge in [-0.15, -0.1) is 0 Å². The number of nitrogens with two attached hydrogens (primary N) is 1. The number of aliphatic hydroxyl groups excluding tert-OH is 1. The Morgan fingerprint density at radius 3 is 2.91 bits per heavy atom. The smallest absolute Gasteiger partial charge is 0.220 e. The molecular formula is C28H32N4O2. The number of anilines is 1. The molecule has 5 aliphatic rings. The van der Waals surface area contributed by atoms with E-state index >= 15 is 0 Å². The fourth-order valence-corrected chi connectivity index (χ4v) is 7.68. The maximum Gasteiger partial charge on any atom is 0.220 e. The number of aliphatic hydroxyl groups is 1. The van der Waals surface area contributed by atoms with Crippen LogP contribution in [0.4, 0.5) is 5.95 Å². The molecule has 1 saturated heterocycles. The third-order valence-corrected chi connectivity index (χ3v) is 9.35. The molecule has 7 rings (SSSR count). The minimum atomic E-state index is -0.415. The van der Waals surface area contributed by atoms with E-state index in [1.54, 1.807) is 0 Å². The molecule has 0 amide bonds. The van der Waals surface area contributed by atoms with Gasteiger partial charge in [0.25, 0.3) is 0 Å². The number of rotatable bonds is 2. The number of aromatic nitrogens is 2. The summed E-state index contributed by atoms with van der Waals surface area (Å²) < 4.78 is 7.22. The predicted octanol–water partition coefficient (Wildman–Crippen LogP) is 3.87. The zero-order valence-corrected chi connectivity index (χ0v) is 19.9. The lowest BCUT2D eigenvalue weighted by Crippen LogP contribution is -2.56. The molecule has 1 aromatic heterocycles. The molecule has 34 heavy (non-hydrogen) atoms. The van der Waals surface area contributed by atoms with E-state index in [-0.39, 0.29) is 11.2 Å². The monoisotopic (exact) mass is 456 g/mol. The molecule has 6 heteroatoms. The zero-order chi connectivity index (χ0) is 23.2. The predicted molar refractivity (Wildman–Crippen MR) is 133 cm³/mol. The second-order valence-corrected chi connectivity index (χ2v) is 11.2. The van der Waals surface area contributed by atoms with Crippen LogP contribution in [0.2, 0.25) is 0 Å². The van der Waals surface area contributed by atoms with E-state index in [0.29, 0.717) is 23.8 Å². The van der Waals surface area contributed by atoms with E-state index < -0.39 is 6.10 Å². The van der Waals surface area contributed by atoms with Crippen LogP contribution in [0.3, 0.4) is 0 Å². The number of ether oxygens (including phenoxy) is 1. The molecular weight excluding hydrogens is 424 g/mol. The first-order valence-electron chi connectivity index (χ1n) is 12.6. The van der Waals surface area contributed by atoms with Crippen molar-refractivity contribution in [2.75, 3.05) is 19.8 Å². The molecule has 1 aromatic carbocycles. The van der Waals surface area contributed by atoms with Gasteiger partial charge in [0.15, 0.2) is 0 Å². The Balaban J connectivity index is 1.25. The highest BCUT2D eigenvalue weighted by Crippen LogP contribution is 2.64. The SMILES string of the molecule is CN(C)[C@@H]1C[C@H](O)C2=CC3=CCC4C(c5ccc6nc(N)ncc6c5)=CCC4[C@@]34CC[C@]2(C1)O4. The van der Waals surface area contributed by atoms with Crippen molar-refractivity contribution in [2.24, 2.45) is 11.8 Å². The molecule has 2 bridgehead atoms. The Kier molecular flexibility index (Phi) is 4.28. The van der Waals surface area contributed by atoms with E-state index in [1.807, 2.05) is 6.20 Å². The lowest BCUT2D eigenvalue weighted by molar-refractivity contribution is -0.134. The summed E-state index contributed by atoms with van der Waals surface area (Å²) in [6, 6.07) is 6.78. The van der Waals surface area contributed by atoms with Crippen LogP contribution in [0, 0.1) is 11.8 Å². The Hall–Kier alpha value is -2.54. The van der Waals surface area contributed by atoms with E-state index in [4.69, 9.17) is 10.5 Å². The number of benzene rings is 1. The van der Waals surface area contributed by atoms with Crippen molar-refractivity contribution in [3.63, 3.8) is 0 Å². The Morgan fingerprint density at radius 1 is 1.18 bits per heavy atom. The maximum absolute atomic E-state index is 11.1. The van der Waals surface area contributed by atoms with Crippen LogP contribution in [0.15, 0.2) is 53.8 Å². The molecule has 3 heterocycles. The topological polar surface area (TPSA) is 84.5 Å². The van der Waals surface area contributed by atoms with E-state index in [2.05, 4.69) is 65.4 Å². The number of hydrogen-bond donors (Lipinski definition) is 2. The summed E-state index contributed by atoms with van der Waals surface area (Å²) in [5.74, 6) is 1.19. The normalized spacial score (nSPS) is 38.2. The van der Waals surface area contributed by atoms with Crippen LogP contribution >= 0.6 is 0 Å². The molecule has 2 aliphatic heterocycles. The van der Waals surface area contributed by atoms with Crippen LogP contribution in [0.25, 0.3) is 16.5 Å². The summed E-state index contributed by atoms with van der Waals surface area (Å²) in [6.07, 6.45) is 14.4. The highest BCUT2D eigenvalue weighted by atomic mass is 16.5. The number of nitrogen functional groups attached to an aromatic ring is 1. The molecule has 6 atom stereocenters. The van der Waals surface area contributed by atoms with Crippen LogP contribution in [-0.4, -0.2) is 57.4 Å². The summed E-state index contributed by atoms with van der Waals surface area (Å²) in [5, 5.41) is 12.1. The number of allylic oxidation sites excluding steroid dienone is 3. The molecule has 0 radical (unpaired) electrons. The fraction of sp³-hybridized carbons (Fsp3) is 0.500. The summed E-state index contributed by atoms with van der Waals surface area (Å²) in [4.78, 5) is 10.8. The van der Waals surface area contributed by atoms with Crippen molar-refractivity contribution < 1.29 is 9.84 Å². The third-order valence-electron chi connectivity index (χ3n) is 9.35. The van der Waals surface area contributed by atoms with Gasteiger partial charge in [-0.25, -0.2) is 9.97 Å². The second-order valence-electron chi connectivity index (χ2n) is 11.2. The number of fused-ring (bicyclic) bond motifs is 2.